The monoisotopic (exact) mass is 660 g/mol. The number of hydrogen-bond donors (Lipinski definition) is 0. The minimum atomic E-state index is -4.54. The first kappa shape index (κ1) is 31.3. The van der Waals surface area contributed by atoms with E-state index in [1.165, 1.54) is 24.3 Å². The number of anilines is 2. The van der Waals surface area contributed by atoms with Crippen LogP contribution >= 0.6 is 0 Å². The molecule has 0 aliphatic carbocycles. The predicted molar refractivity (Wildman–Crippen MR) is 151 cm³/mol. The number of carbonyl (C=O) groups is 4. The smallest absolute Gasteiger partial charge is 0.362 e. The van der Waals surface area contributed by atoms with Crippen LogP contribution in [0.15, 0.2) is 72.8 Å². The Labute approximate surface area is 263 Å². The zero-order chi connectivity index (χ0) is 34.1. The molecular weight excluding hydrogens is 634 g/mol. The van der Waals surface area contributed by atoms with Crippen molar-refractivity contribution in [2.45, 2.75) is 56.0 Å². The highest BCUT2D eigenvalue weighted by Crippen LogP contribution is 2.58. The molecule has 246 valence electrons. The number of hydrogen-bond acceptors (Lipinski definition) is 6. The second-order valence-corrected chi connectivity index (χ2v) is 13.0. The molecule has 2 aromatic rings. The van der Waals surface area contributed by atoms with Crippen LogP contribution in [0.4, 0.5) is 37.7 Å². The van der Waals surface area contributed by atoms with Gasteiger partial charge in [0.25, 0.3) is 0 Å². The Morgan fingerprint density at radius 2 is 1.06 bits per heavy atom. The van der Waals surface area contributed by atoms with Gasteiger partial charge in [-0.25, -0.2) is 9.80 Å². The lowest BCUT2D eigenvalue weighted by Gasteiger charge is -2.25. The van der Waals surface area contributed by atoms with Gasteiger partial charge in [-0.15, -0.1) is 0 Å². The Balaban J connectivity index is 0.000000150. The Morgan fingerprint density at radius 1 is 0.617 bits per heavy atom. The number of fused-ring (bicyclic) bond motifs is 10. The molecule has 0 aromatic heterocycles. The number of imide groups is 2. The maximum atomic E-state index is 12.9. The summed E-state index contributed by atoms with van der Waals surface area (Å²) in [6.07, 6.45) is -2.56. The zero-order valence-corrected chi connectivity index (χ0v) is 24.9. The maximum absolute atomic E-state index is 12.9. The fourth-order valence-electron chi connectivity index (χ4n) is 7.84. The molecule has 8 nitrogen and oxygen atoms in total. The van der Waals surface area contributed by atoms with Crippen LogP contribution in [0.5, 0.6) is 0 Å². The normalized spacial score (nSPS) is 36.4. The number of alkyl halides is 6. The standard InChI is InChI=1S/C17H14F3NO3.C16H12F3NO3/c1-15-6-7-16(2,24-15)12-11(15)13(22)21(14(12)23)10-5-3-4-9(8-10)17(18,19)20;1-15-6-5-10(23-15)11-12(15)14(22)20(13(11)21)9-4-2-3-8(7-9)16(17,18)19/h3-8,11-12H,1-2H3;2-7,10-12H,1H3/t11-,12+,15?,16?;10?,11-,12+,15?/m.1/s1. The van der Waals surface area contributed by atoms with Crippen LogP contribution in [0.25, 0.3) is 0 Å². The van der Waals surface area contributed by atoms with E-state index in [2.05, 4.69) is 0 Å². The molecule has 0 N–H and O–H groups in total. The third-order valence-corrected chi connectivity index (χ3v) is 9.92. The van der Waals surface area contributed by atoms with Crippen LogP contribution in [0.2, 0.25) is 0 Å². The van der Waals surface area contributed by atoms with E-state index >= 15 is 0 Å². The van der Waals surface area contributed by atoms with Gasteiger partial charge in [0.05, 0.1) is 69.1 Å². The van der Waals surface area contributed by atoms with Gasteiger partial charge in [-0.05, 0) is 57.2 Å². The molecule has 6 aliphatic rings. The van der Waals surface area contributed by atoms with Gasteiger partial charge < -0.3 is 9.47 Å². The van der Waals surface area contributed by atoms with Crippen molar-refractivity contribution >= 4 is 35.0 Å². The lowest BCUT2D eigenvalue weighted by Crippen LogP contribution is -2.39. The van der Waals surface area contributed by atoms with Gasteiger partial charge in [0.2, 0.25) is 23.6 Å². The summed E-state index contributed by atoms with van der Waals surface area (Å²) in [6, 6.07) is 8.54. The van der Waals surface area contributed by atoms with Gasteiger partial charge >= 0.3 is 12.4 Å². The van der Waals surface area contributed by atoms with Crippen molar-refractivity contribution in [2.24, 2.45) is 23.7 Å². The van der Waals surface area contributed by atoms with E-state index < -0.39 is 93.7 Å². The van der Waals surface area contributed by atoms with Gasteiger partial charge in [-0.3, -0.25) is 19.2 Å². The first-order valence-electron chi connectivity index (χ1n) is 14.7. The SMILES string of the molecule is CC12C=CC(C)(O1)[C@H]1C(=O)N(c3cccc(C(F)(F)F)c3)C(=O)[C@H]12.CC12C=CC(O1)[C@H]1C(=O)N(c3cccc(C(F)(F)F)c3)C(=O)[C@H]12. The second kappa shape index (κ2) is 9.63. The summed E-state index contributed by atoms with van der Waals surface area (Å²) in [6.45, 7) is 5.16. The summed E-state index contributed by atoms with van der Waals surface area (Å²) < 4.78 is 88.9. The average Bonchev–Trinajstić information content (AvgIpc) is 3.78. The number of halogens is 6. The molecular formula is C33H26F6N2O6. The largest absolute Gasteiger partial charge is 0.416 e. The molecule has 4 amide bonds. The minimum Gasteiger partial charge on any atom is -0.362 e. The lowest BCUT2D eigenvalue weighted by molar-refractivity contribution is -0.138. The van der Waals surface area contributed by atoms with E-state index in [0.717, 1.165) is 34.1 Å². The van der Waals surface area contributed by atoms with E-state index in [0.29, 0.717) is 0 Å². The van der Waals surface area contributed by atoms with Gasteiger partial charge in [0, 0.05) is 0 Å². The number of ether oxygens (including phenoxy) is 2. The van der Waals surface area contributed by atoms with Crippen molar-refractivity contribution in [3.05, 3.63) is 84.0 Å². The maximum Gasteiger partial charge on any atom is 0.416 e. The summed E-state index contributed by atoms with van der Waals surface area (Å²) in [7, 11) is 0. The summed E-state index contributed by atoms with van der Waals surface area (Å²) in [4.78, 5) is 52.6. The van der Waals surface area contributed by atoms with Gasteiger partial charge in [0.15, 0.2) is 0 Å². The molecule has 4 unspecified atom stereocenters. The fraction of sp³-hybridized carbons (Fsp3) is 0.394. The van der Waals surface area contributed by atoms with Crippen molar-refractivity contribution < 1.29 is 55.0 Å². The van der Waals surface area contributed by atoms with Crippen LogP contribution in [0.3, 0.4) is 0 Å². The Morgan fingerprint density at radius 3 is 1.51 bits per heavy atom. The molecule has 0 radical (unpaired) electrons. The third-order valence-electron chi connectivity index (χ3n) is 9.92. The van der Waals surface area contributed by atoms with Crippen LogP contribution in [-0.4, -0.2) is 46.5 Å². The molecule has 0 saturated carbocycles. The highest BCUT2D eigenvalue weighted by molar-refractivity contribution is 6.24. The minimum absolute atomic E-state index is 0.0489. The Kier molecular flexibility index (Phi) is 6.41. The van der Waals surface area contributed by atoms with Crippen LogP contribution in [0, 0.1) is 23.7 Å². The number of nitrogens with zero attached hydrogens (tertiary/aromatic N) is 2. The summed E-state index contributed by atoms with van der Waals surface area (Å²) >= 11 is 0. The van der Waals surface area contributed by atoms with E-state index in [-0.39, 0.29) is 11.4 Å². The molecule has 8 atom stereocenters. The highest BCUT2D eigenvalue weighted by Gasteiger charge is 2.71. The van der Waals surface area contributed by atoms with Crippen LogP contribution in [-0.2, 0) is 41.0 Å². The molecule has 8 rings (SSSR count). The van der Waals surface area contributed by atoms with Crippen LogP contribution < -0.4 is 9.80 Å². The van der Waals surface area contributed by atoms with Gasteiger partial charge in [0.1, 0.15) is 0 Å². The second-order valence-electron chi connectivity index (χ2n) is 13.0. The average molecular weight is 661 g/mol. The fourth-order valence-corrected chi connectivity index (χ4v) is 7.84. The van der Waals surface area contributed by atoms with Crippen molar-refractivity contribution in [3.8, 4) is 0 Å². The van der Waals surface area contributed by atoms with Crippen molar-refractivity contribution in [2.75, 3.05) is 9.80 Å². The highest BCUT2D eigenvalue weighted by atomic mass is 19.4. The molecule has 6 heterocycles. The molecule has 4 saturated heterocycles. The molecule has 47 heavy (non-hydrogen) atoms. The van der Waals surface area contributed by atoms with E-state index in [1.807, 2.05) is 0 Å². The molecule has 2 aromatic carbocycles. The topological polar surface area (TPSA) is 93.2 Å². The summed E-state index contributed by atoms with van der Waals surface area (Å²) in [5, 5.41) is 0. The number of rotatable bonds is 2. The molecule has 6 aliphatic heterocycles. The first-order valence-corrected chi connectivity index (χ1v) is 14.7. The quantitative estimate of drug-likeness (QED) is 0.241. The van der Waals surface area contributed by atoms with Gasteiger partial charge in [-0.1, -0.05) is 36.4 Å². The molecule has 14 heteroatoms. The number of benzene rings is 2. The Bertz CT molecular complexity index is 1780. The van der Waals surface area contributed by atoms with Crippen LogP contribution in [0.1, 0.15) is 31.9 Å². The van der Waals surface area contributed by atoms with E-state index in [1.54, 1.807) is 45.1 Å². The first-order chi connectivity index (χ1) is 21.8. The van der Waals surface area contributed by atoms with Crippen molar-refractivity contribution in [3.63, 3.8) is 0 Å². The predicted octanol–water partition coefficient (Wildman–Crippen LogP) is 5.47. The molecule has 0 spiro atoms. The third kappa shape index (κ3) is 4.44. The number of carbonyl (C=O) groups excluding carboxylic acids is 4. The number of amides is 4. The lowest BCUT2D eigenvalue weighted by atomic mass is 9.73. The summed E-state index contributed by atoms with van der Waals surface area (Å²) in [5.41, 5.74) is -4.56. The van der Waals surface area contributed by atoms with Crippen molar-refractivity contribution in [1.29, 1.82) is 0 Å². The summed E-state index contributed by atoms with van der Waals surface area (Å²) in [5.74, 6) is -4.80. The molecule has 4 fully saturated rings. The zero-order valence-electron chi connectivity index (χ0n) is 24.9. The van der Waals surface area contributed by atoms with E-state index in [9.17, 15) is 45.5 Å². The molecule has 4 bridgehead atoms. The van der Waals surface area contributed by atoms with Crippen molar-refractivity contribution in [1.82, 2.24) is 0 Å². The van der Waals surface area contributed by atoms with Gasteiger partial charge in [-0.2, -0.15) is 26.3 Å². The van der Waals surface area contributed by atoms with E-state index in [4.69, 9.17) is 9.47 Å². The Hall–Kier alpha value is -4.30.